The number of carbonyl (C=O) groups excluding carboxylic acids is 1. The summed E-state index contributed by atoms with van der Waals surface area (Å²) in [5.74, 6) is 0.743. The van der Waals surface area contributed by atoms with Crippen LogP contribution < -0.4 is 0 Å². The fourth-order valence-corrected chi connectivity index (χ4v) is 15.2. The zero-order valence-corrected chi connectivity index (χ0v) is 42.3. The number of allylic oxidation sites excluding steroid dienone is 1. The summed E-state index contributed by atoms with van der Waals surface area (Å²) in [4.78, 5) is 14.6. The third kappa shape index (κ3) is 8.91. The van der Waals surface area contributed by atoms with Crippen LogP contribution in [0.15, 0.2) is 11.6 Å². The molecule has 10 aliphatic rings. The molecule has 0 radical (unpaired) electrons. The molecule has 21 heteroatoms. The molecule has 1 spiro atoms. The highest BCUT2D eigenvalue weighted by molar-refractivity contribution is 5.94. The van der Waals surface area contributed by atoms with Gasteiger partial charge in [-0.05, 0) is 106 Å². The maximum atomic E-state index is 14.6. The van der Waals surface area contributed by atoms with Gasteiger partial charge in [-0.2, -0.15) is 0 Å². The Kier molecular flexibility index (Phi) is 15.1. The van der Waals surface area contributed by atoms with E-state index in [-0.39, 0.29) is 46.4 Å². The van der Waals surface area contributed by atoms with E-state index in [1.807, 2.05) is 6.08 Å². The van der Waals surface area contributed by atoms with Crippen LogP contribution in [0.5, 0.6) is 0 Å². The molecule has 31 atom stereocenters. The number of ketones is 1. The molecule has 0 amide bonds. The first-order chi connectivity index (χ1) is 34.0. The first-order valence-electron chi connectivity index (χ1n) is 26.6. The molecule has 21 nitrogen and oxygen atoms in total. The van der Waals surface area contributed by atoms with E-state index < -0.39 is 141 Å². The molecule has 6 aliphatic heterocycles. The van der Waals surface area contributed by atoms with Crippen molar-refractivity contribution in [1.82, 2.24) is 0 Å². The molecule has 3 saturated carbocycles. The standard InChI is InChI=1S/C51H80O21/c1-19-8-13-51(63-18-19)20(2)32-29(72-51)16-27-31-26(10-12-50(27,32)7)49(6)11-9-25(14-24(49)15-28(31)53)67-48-44(71-46-39(60)36(57)34(55)22(4)65-46)41(62)43(30(17-52)68-48)70-47-40(61)37(58)42(23(5)66-47)69-45-38(59)35(56)33(54)21(3)64-45/h15,19-23,25-27,29-48,52,54-62H,8-14,16-18H2,1-7H3/t19-,20+,21+,22+,23+,25+,26+,27+,29+,30-,31-,32+,33+,34+,35-,36-,37+,38-,39-,40-,41+,42+,43-,44-,45+,46+,47+,48-,49+,50+,51-/m1/s1. The van der Waals surface area contributed by atoms with E-state index in [2.05, 4.69) is 27.7 Å². The van der Waals surface area contributed by atoms with Gasteiger partial charge in [-0.1, -0.05) is 33.3 Å². The average molecular weight is 1030 g/mol. The fourth-order valence-electron chi connectivity index (χ4n) is 15.2. The number of aliphatic hydroxyl groups excluding tert-OH is 10. The Hall–Kier alpha value is -1.39. The molecule has 0 bridgehead atoms. The maximum absolute atomic E-state index is 14.6. The van der Waals surface area contributed by atoms with Crippen LogP contribution in [-0.4, -0.2) is 211 Å². The van der Waals surface area contributed by atoms with Crippen LogP contribution in [-0.2, 0) is 52.2 Å². The highest BCUT2D eigenvalue weighted by atomic mass is 16.8. The summed E-state index contributed by atoms with van der Waals surface area (Å²) in [6.45, 7) is 13.5. The van der Waals surface area contributed by atoms with Crippen LogP contribution in [0.1, 0.15) is 99.8 Å². The predicted molar refractivity (Wildman–Crippen MR) is 244 cm³/mol. The number of aliphatic hydroxyl groups is 10. The Balaban J connectivity index is 0.848. The van der Waals surface area contributed by atoms with Gasteiger partial charge < -0.3 is 98.4 Å². The summed E-state index contributed by atoms with van der Waals surface area (Å²) < 4.78 is 61.9. The minimum absolute atomic E-state index is 0.0420. The van der Waals surface area contributed by atoms with Gasteiger partial charge in [0.05, 0.1) is 43.7 Å². The van der Waals surface area contributed by atoms with Crippen molar-refractivity contribution in [3.05, 3.63) is 11.6 Å². The molecule has 0 aromatic rings. The average Bonchev–Trinajstić information content (AvgIpc) is 3.79. The monoisotopic (exact) mass is 1030 g/mol. The fraction of sp³-hybridized carbons (Fsp3) is 0.941. The second kappa shape index (κ2) is 20.1. The number of rotatable bonds is 9. The van der Waals surface area contributed by atoms with Crippen molar-refractivity contribution in [3.63, 3.8) is 0 Å². The molecule has 10 N–H and O–H groups in total. The summed E-state index contributed by atoms with van der Waals surface area (Å²) in [5, 5.41) is 109. The minimum Gasteiger partial charge on any atom is -0.394 e. The summed E-state index contributed by atoms with van der Waals surface area (Å²) >= 11 is 0. The molecule has 410 valence electrons. The van der Waals surface area contributed by atoms with Crippen LogP contribution in [0.2, 0.25) is 0 Å². The lowest BCUT2D eigenvalue weighted by Crippen LogP contribution is -2.67. The van der Waals surface area contributed by atoms with Gasteiger partial charge in [-0.25, -0.2) is 0 Å². The minimum atomic E-state index is -1.88. The molecule has 10 rings (SSSR count). The number of hydrogen-bond acceptors (Lipinski definition) is 21. The Morgan fingerprint density at radius 1 is 0.611 bits per heavy atom. The van der Waals surface area contributed by atoms with Crippen molar-refractivity contribution >= 4 is 5.78 Å². The van der Waals surface area contributed by atoms with Crippen molar-refractivity contribution in [2.75, 3.05) is 13.2 Å². The van der Waals surface area contributed by atoms with Crippen molar-refractivity contribution in [3.8, 4) is 0 Å². The molecule has 6 saturated heterocycles. The Bertz CT molecular complexity index is 1970. The molecule has 0 aromatic carbocycles. The number of fused-ring (bicyclic) bond motifs is 7. The lowest BCUT2D eigenvalue weighted by Gasteiger charge is -2.58. The molecule has 6 heterocycles. The molecule has 0 unspecified atom stereocenters. The first-order valence-corrected chi connectivity index (χ1v) is 26.6. The van der Waals surface area contributed by atoms with Gasteiger partial charge in [-0.15, -0.1) is 0 Å². The van der Waals surface area contributed by atoms with Crippen molar-refractivity contribution < 1.29 is 103 Å². The largest absolute Gasteiger partial charge is 0.394 e. The van der Waals surface area contributed by atoms with Gasteiger partial charge in [-0.3, -0.25) is 4.79 Å². The molecular weight excluding hydrogens is 949 g/mol. The second-order valence-corrected chi connectivity index (χ2v) is 23.8. The van der Waals surface area contributed by atoms with Gasteiger partial charge in [0.1, 0.15) is 79.4 Å². The van der Waals surface area contributed by atoms with Gasteiger partial charge in [0.2, 0.25) is 0 Å². The van der Waals surface area contributed by atoms with Crippen LogP contribution in [0.4, 0.5) is 0 Å². The van der Waals surface area contributed by atoms with E-state index in [1.54, 1.807) is 0 Å². The smallest absolute Gasteiger partial charge is 0.187 e. The van der Waals surface area contributed by atoms with Crippen LogP contribution in [0.3, 0.4) is 0 Å². The second-order valence-electron chi connectivity index (χ2n) is 23.8. The zero-order chi connectivity index (χ0) is 51.7. The number of hydrogen-bond donors (Lipinski definition) is 10. The van der Waals surface area contributed by atoms with Gasteiger partial charge in [0.25, 0.3) is 0 Å². The van der Waals surface area contributed by atoms with Gasteiger partial charge in [0.15, 0.2) is 36.7 Å². The lowest BCUT2D eigenvalue weighted by molar-refractivity contribution is -0.394. The quantitative estimate of drug-likeness (QED) is 0.136. The van der Waals surface area contributed by atoms with E-state index >= 15 is 0 Å². The zero-order valence-electron chi connectivity index (χ0n) is 42.3. The Morgan fingerprint density at radius 2 is 1.21 bits per heavy atom. The maximum Gasteiger partial charge on any atom is 0.187 e. The molecule has 0 aromatic heterocycles. The van der Waals surface area contributed by atoms with Crippen molar-refractivity contribution in [2.45, 2.75) is 241 Å². The van der Waals surface area contributed by atoms with E-state index in [1.165, 1.54) is 20.8 Å². The van der Waals surface area contributed by atoms with Gasteiger partial charge >= 0.3 is 0 Å². The van der Waals surface area contributed by atoms with E-state index in [0.29, 0.717) is 37.7 Å². The molecule has 4 aliphatic carbocycles. The predicted octanol–water partition coefficient (Wildman–Crippen LogP) is -0.727. The molecular formula is C51H80O21. The normalized spacial score (nSPS) is 57.8. The SMILES string of the molecule is C[C@@H]1CC[C@@]2(OC1)O[C@H]1C[C@H]3[C@@H]4C(=O)C=C5C[C@@H](O[C@@H]6O[C@H](CO)[C@@H](O[C@@H]7O[C@@H](C)[C@H](O[C@@H]8O[C@@H](C)[C@H](O)[C@@H](O)[C@H]8O)[C@@H](O)[C@H]7O)[C@H](O)[C@H]6O[C@@H]6O[C@@H](C)[C@H](O)[C@@H](O)[C@H]6O)CC[C@]5(C)[C@H]4CC[C@]3(C)[C@H]1[C@@H]2C. The molecule has 9 fully saturated rings. The number of ether oxygens (including phenoxy) is 10. The topological polar surface area (TPSA) is 312 Å². The Morgan fingerprint density at radius 3 is 1.82 bits per heavy atom. The molecule has 72 heavy (non-hydrogen) atoms. The van der Waals surface area contributed by atoms with Crippen LogP contribution in [0, 0.1) is 46.3 Å². The third-order valence-electron chi connectivity index (χ3n) is 19.6. The summed E-state index contributed by atoms with van der Waals surface area (Å²) in [6, 6.07) is 0. The highest BCUT2D eigenvalue weighted by Gasteiger charge is 2.70. The summed E-state index contributed by atoms with van der Waals surface area (Å²) in [6.07, 6.45) is -22.8. The summed E-state index contributed by atoms with van der Waals surface area (Å²) in [7, 11) is 0. The summed E-state index contributed by atoms with van der Waals surface area (Å²) in [5.41, 5.74) is 0.603. The van der Waals surface area contributed by atoms with Gasteiger partial charge in [0, 0.05) is 18.3 Å². The first kappa shape index (κ1) is 54.0. The van der Waals surface area contributed by atoms with Crippen LogP contribution >= 0.6 is 0 Å². The van der Waals surface area contributed by atoms with E-state index in [4.69, 9.17) is 47.4 Å². The van der Waals surface area contributed by atoms with E-state index in [9.17, 15) is 55.9 Å². The van der Waals surface area contributed by atoms with Crippen molar-refractivity contribution in [1.29, 1.82) is 0 Å². The third-order valence-corrected chi connectivity index (χ3v) is 19.6. The van der Waals surface area contributed by atoms with Crippen LogP contribution in [0.25, 0.3) is 0 Å². The lowest BCUT2D eigenvalue weighted by atomic mass is 9.46. The van der Waals surface area contributed by atoms with E-state index in [0.717, 1.165) is 37.7 Å². The van der Waals surface area contributed by atoms with Crippen molar-refractivity contribution in [2.24, 2.45) is 46.3 Å². The highest BCUT2D eigenvalue weighted by Crippen LogP contribution is 2.70. The number of carbonyl (C=O) groups is 1. The Labute approximate surface area is 419 Å².